The van der Waals surface area contributed by atoms with E-state index in [4.69, 9.17) is 46.4 Å². The lowest BCUT2D eigenvalue weighted by atomic mass is 10.2. The summed E-state index contributed by atoms with van der Waals surface area (Å²) in [6, 6.07) is 34.2. The van der Waals surface area contributed by atoms with Gasteiger partial charge in [-0.25, -0.2) is 21.7 Å². The molecule has 2 aromatic heterocycles. The molecule has 2 heterocycles. The highest BCUT2D eigenvalue weighted by Crippen LogP contribution is 2.22. The summed E-state index contributed by atoms with van der Waals surface area (Å²) in [5.74, 6) is -2.07. The van der Waals surface area contributed by atoms with E-state index >= 15 is 0 Å². The van der Waals surface area contributed by atoms with E-state index in [0.29, 0.717) is 53.7 Å². The molecule has 0 bridgehead atoms. The van der Waals surface area contributed by atoms with Gasteiger partial charge in [0.25, 0.3) is 23.6 Å². The summed E-state index contributed by atoms with van der Waals surface area (Å²) in [6.45, 7) is -1.14. The van der Waals surface area contributed by atoms with E-state index in [1.54, 1.807) is 121 Å². The molecule has 0 atom stereocenters. The van der Waals surface area contributed by atoms with Gasteiger partial charge in [0.1, 0.15) is 0 Å². The standard InChI is InChI=1S/C48H42Cl4N20O4/c49-33-9-1-29(2-10-33)21-57-69-39(73)25-53-43-63-44(54-26-40(74)70-58-22-30-3-11-34(50)12-4-30)66-47(65-43)61-37-17-19-38(20-18-37)62-48-67-45(55-27-41(75)71-59-23-31-5-13-35(51)14-6-31)64-46(68-48)56-28-42(76)72-60-24-32-7-15-36(52)16-8-32/h1-24H,25-28H2,(H,69,73)(H,70,74)(H,71,75)(H,72,76)(H3,53,54,61,63,65,66)(H3,55,56,62,64,67,68)/b57-21+,58-22+,59-23+,60-24+. The number of anilines is 8. The number of halogens is 4. The predicted molar refractivity (Wildman–Crippen MR) is 295 cm³/mol. The average Bonchev–Trinajstić information content (AvgIpc) is 3.41. The van der Waals surface area contributed by atoms with Gasteiger partial charge in [-0.1, -0.05) is 94.9 Å². The van der Waals surface area contributed by atoms with Crippen molar-refractivity contribution in [3.05, 3.63) is 164 Å². The number of hydrogen-bond donors (Lipinski definition) is 10. The molecule has 0 aliphatic carbocycles. The number of amides is 4. The fourth-order valence-corrected chi connectivity index (χ4v) is 6.29. The van der Waals surface area contributed by atoms with Gasteiger partial charge in [-0.2, -0.15) is 50.3 Å². The number of nitrogens with one attached hydrogen (secondary N) is 10. The molecule has 0 aliphatic rings. The lowest BCUT2D eigenvalue weighted by molar-refractivity contribution is -0.120. The fraction of sp³-hybridized carbons (Fsp3) is 0.0833. The molecule has 7 aromatic rings. The van der Waals surface area contributed by atoms with Gasteiger partial charge in [-0.05, 0) is 95.1 Å². The lowest BCUT2D eigenvalue weighted by Crippen LogP contribution is -2.28. The van der Waals surface area contributed by atoms with Crippen LogP contribution in [0.25, 0.3) is 0 Å². The maximum Gasteiger partial charge on any atom is 0.259 e. The van der Waals surface area contributed by atoms with Crippen molar-refractivity contribution in [3.63, 3.8) is 0 Å². The van der Waals surface area contributed by atoms with Gasteiger partial charge in [0.15, 0.2) is 0 Å². The van der Waals surface area contributed by atoms with Crippen LogP contribution in [0.5, 0.6) is 0 Å². The van der Waals surface area contributed by atoms with Crippen molar-refractivity contribution in [2.45, 2.75) is 0 Å². The van der Waals surface area contributed by atoms with Crippen LogP contribution >= 0.6 is 46.4 Å². The molecule has 0 radical (unpaired) electrons. The van der Waals surface area contributed by atoms with Gasteiger partial charge in [-0.3, -0.25) is 19.2 Å². The lowest BCUT2D eigenvalue weighted by Gasteiger charge is -2.12. The van der Waals surface area contributed by atoms with Crippen molar-refractivity contribution < 1.29 is 19.2 Å². The Labute approximate surface area is 452 Å². The number of rotatable bonds is 24. The zero-order valence-electron chi connectivity index (χ0n) is 39.3. The largest absolute Gasteiger partial charge is 0.345 e. The van der Waals surface area contributed by atoms with Crippen molar-refractivity contribution in [3.8, 4) is 0 Å². The Balaban J connectivity index is 1.01. The van der Waals surface area contributed by atoms with Gasteiger partial charge in [-0.15, -0.1) is 0 Å². The minimum atomic E-state index is -0.512. The SMILES string of the molecule is O=C(CNc1nc(NCC(=O)N/N=C/c2ccc(Cl)cc2)nc(Nc2ccc(Nc3nc(NCC(=O)N/N=C/c4ccc(Cl)cc4)nc(NCC(=O)N/N=C/c4ccc(Cl)cc4)n3)cc2)n1)N/N=C/c1ccc(Cl)cc1. The minimum Gasteiger partial charge on any atom is -0.345 e. The Kier molecular flexibility index (Phi) is 20.2. The number of carbonyl (C=O) groups is 4. The third-order valence-electron chi connectivity index (χ3n) is 9.39. The molecule has 28 heteroatoms. The Morgan fingerprint density at radius 3 is 0.763 bits per heavy atom. The zero-order valence-corrected chi connectivity index (χ0v) is 42.3. The number of aromatic nitrogens is 6. The third kappa shape index (κ3) is 19.2. The first-order chi connectivity index (χ1) is 36.8. The molecule has 0 saturated heterocycles. The molecule has 0 aliphatic heterocycles. The van der Waals surface area contributed by atoms with Gasteiger partial charge in [0.2, 0.25) is 35.7 Å². The molecule has 4 amide bonds. The quantitative estimate of drug-likeness (QED) is 0.0231. The second kappa shape index (κ2) is 28.2. The molecule has 76 heavy (non-hydrogen) atoms. The summed E-state index contributed by atoms with van der Waals surface area (Å²) in [4.78, 5) is 77.0. The van der Waals surface area contributed by atoms with Gasteiger partial charge in [0.05, 0.1) is 51.0 Å². The van der Waals surface area contributed by atoms with E-state index in [-0.39, 0.29) is 61.9 Å². The predicted octanol–water partition coefficient (Wildman–Crippen LogP) is 6.41. The number of carbonyl (C=O) groups excluding carboxylic acids is 4. The molecule has 0 fully saturated rings. The summed E-state index contributed by atoms with van der Waals surface area (Å²) in [7, 11) is 0. The maximum absolute atomic E-state index is 12.7. The van der Waals surface area contributed by atoms with Crippen molar-refractivity contribution in [2.24, 2.45) is 20.4 Å². The van der Waals surface area contributed by atoms with Crippen molar-refractivity contribution >= 4 is 142 Å². The van der Waals surface area contributed by atoms with E-state index < -0.39 is 23.6 Å². The first kappa shape index (κ1) is 54.4. The topological polar surface area (TPSA) is 315 Å². The van der Waals surface area contributed by atoms with E-state index in [0.717, 1.165) is 0 Å². The van der Waals surface area contributed by atoms with E-state index in [2.05, 4.69) is 104 Å². The summed E-state index contributed by atoms with van der Waals surface area (Å²) in [5, 5.41) is 35.6. The summed E-state index contributed by atoms with van der Waals surface area (Å²) in [5.41, 5.74) is 13.6. The summed E-state index contributed by atoms with van der Waals surface area (Å²) < 4.78 is 0. The summed E-state index contributed by atoms with van der Waals surface area (Å²) >= 11 is 23.8. The number of hydrazone groups is 4. The van der Waals surface area contributed by atoms with Crippen LogP contribution < -0.4 is 53.6 Å². The van der Waals surface area contributed by atoms with Gasteiger partial charge >= 0.3 is 0 Å². The molecule has 5 aromatic carbocycles. The van der Waals surface area contributed by atoms with Crippen molar-refractivity contribution in [1.82, 2.24) is 51.6 Å². The Morgan fingerprint density at radius 2 is 0.539 bits per heavy atom. The zero-order chi connectivity index (χ0) is 53.5. The molecule has 24 nitrogen and oxygen atoms in total. The average molecular weight is 1100 g/mol. The molecule has 0 saturated carbocycles. The van der Waals surface area contributed by atoms with Crippen LogP contribution in [0.3, 0.4) is 0 Å². The van der Waals surface area contributed by atoms with Gasteiger partial charge in [0, 0.05) is 31.5 Å². The number of hydrogen-bond acceptors (Lipinski definition) is 20. The first-order valence-corrected chi connectivity index (χ1v) is 23.8. The molecule has 7 rings (SSSR count). The third-order valence-corrected chi connectivity index (χ3v) is 10.4. The van der Waals surface area contributed by atoms with Crippen LogP contribution in [0.4, 0.5) is 47.1 Å². The second-order valence-electron chi connectivity index (χ2n) is 15.2. The van der Waals surface area contributed by atoms with Gasteiger partial charge < -0.3 is 31.9 Å². The Morgan fingerprint density at radius 1 is 0.329 bits per heavy atom. The van der Waals surface area contributed by atoms with Crippen LogP contribution in [0.2, 0.25) is 20.1 Å². The minimum absolute atomic E-state index is 0.0220. The number of benzene rings is 5. The van der Waals surface area contributed by atoms with Crippen LogP contribution in [0, 0.1) is 0 Å². The maximum atomic E-state index is 12.7. The van der Waals surface area contributed by atoms with Crippen LogP contribution in [-0.4, -0.2) is 105 Å². The molecular weight excluding hydrogens is 1060 g/mol. The van der Waals surface area contributed by atoms with Crippen LogP contribution in [0.15, 0.2) is 142 Å². The smallest absolute Gasteiger partial charge is 0.259 e. The monoisotopic (exact) mass is 1100 g/mol. The van der Waals surface area contributed by atoms with Crippen molar-refractivity contribution in [1.29, 1.82) is 0 Å². The highest BCUT2D eigenvalue weighted by atomic mass is 35.5. The molecule has 386 valence electrons. The van der Waals surface area contributed by atoms with Crippen LogP contribution in [0.1, 0.15) is 22.3 Å². The highest BCUT2D eigenvalue weighted by Gasteiger charge is 2.13. The molecule has 0 unspecified atom stereocenters. The number of nitrogens with zero attached hydrogens (tertiary/aromatic N) is 10. The molecular formula is C48H42Cl4N20O4. The highest BCUT2D eigenvalue weighted by molar-refractivity contribution is 6.31. The Hall–Kier alpha value is -9.36. The second-order valence-corrected chi connectivity index (χ2v) is 17.0. The Bertz CT molecular complexity index is 2830. The molecule has 10 N–H and O–H groups in total. The van der Waals surface area contributed by atoms with E-state index in [9.17, 15) is 19.2 Å². The van der Waals surface area contributed by atoms with Crippen molar-refractivity contribution in [2.75, 3.05) is 58.1 Å². The fourth-order valence-electron chi connectivity index (χ4n) is 5.78. The molecule has 0 spiro atoms. The van der Waals surface area contributed by atoms with E-state index in [1.807, 2.05) is 0 Å². The summed E-state index contributed by atoms with van der Waals surface area (Å²) in [6.07, 6.45) is 5.83. The first-order valence-electron chi connectivity index (χ1n) is 22.3. The normalized spacial score (nSPS) is 11.1. The van der Waals surface area contributed by atoms with Crippen LogP contribution in [-0.2, 0) is 19.2 Å². The van der Waals surface area contributed by atoms with E-state index in [1.165, 1.54) is 24.9 Å².